The molecule has 4 heterocycles. The number of H-pyrrole nitrogens is 1. The second-order valence-electron chi connectivity index (χ2n) is 6.78. The summed E-state index contributed by atoms with van der Waals surface area (Å²) in [5.41, 5.74) is 0. The lowest BCUT2D eigenvalue weighted by molar-refractivity contribution is 0.0957. The highest BCUT2D eigenvalue weighted by atomic mass is 32.1. The van der Waals surface area contributed by atoms with Gasteiger partial charge in [0, 0.05) is 48.8 Å². The number of imidazole rings is 2. The fourth-order valence-corrected chi connectivity index (χ4v) is 4.63. The van der Waals surface area contributed by atoms with E-state index in [1.807, 2.05) is 23.0 Å². The zero-order valence-electron chi connectivity index (χ0n) is 15.2. The molecule has 1 aliphatic heterocycles. The molecule has 1 amide bonds. The van der Waals surface area contributed by atoms with E-state index in [-0.39, 0.29) is 5.91 Å². The lowest BCUT2D eigenvalue weighted by Gasteiger charge is -2.22. The summed E-state index contributed by atoms with van der Waals surface area (Å²) in [6.07, 6.45) is 12.4. The first-order chi connectivity index (χ1) is 13.3. The molecule has 0 spiro atoms. The van der Waals surface area contributed by atoms with Gasteiger partial charge in [0.05, 0.1) is 17.7 Å². The number of thiophene rings is 1. The average Bonchev–Trinajstić information content (AvgIpc) is 3.47. The van der Waals surface area contributed by atoms with Crippen LogP contribution in [0, 0.1) is 0 Å². The van der Waals surface area contributed by atoms with Crippen molar-refractivity contribution in [2.45, 2.75) is 38.4 Å². The van der Waals surface area contributed by atoms with Crippen LogP contribution in [0.25, 0.3) is 0 Å². The highest BCUT2D eigenvalue weighted by molar-refractivity contribution is 7.14. The number of hydrogen-bond donors (Lipinski definition) is 2. The monoisotopic (exact) mass is 384 g/mol. The largest absolute Gasteiger partial charge is 0.351 e. The van der Waals surface area contributed by atoms with Gasteiger partial charge in [-0.25, -0.2) is 9.97 Å². The van der Waals surface area contributed by atoms with Crippen molar-refractivity contribution in [3.8, 4) is 0 Å². The van der Waals surface area contributed by atoms with Crippen molar-refractivity contribution in [3.63, 3.8) is 0 Å². The van der Waals surface area contributed by atoms with Gasteiger partial charge in [-0.15, -0.1) is 11.3 Å². The predicted molar refractivity (Wildman–Crippen MR) is 104 cm³/mol. The van der Waals surface area contributed by atoms with Crippen LogP contribution < -0.4 is 5.32 Å². The average molecular weight is 385 g/mol. The molecule has 7 nitrogen and oxygen atoms in total. The fraction of sp³-hybridized carbons (Fsp3) is 0.421. The topological polar surface area (TPSA) is 78.8 Å². The number of nitrogens with zero attached hydrogens (tertiary/aromatic N) is 4. The van der Waals surface area contributed by atoms with E-state index in [0.29, 0.717) is 12.6 Å². The Balaban J connectivity index is 1.30. The summed E-state index contributed by atoms with van der Waals surface area (Å²) in [7, 11) is 0. The van der Waals surface area contributed by atoms with Crippen molar-refractivity contribution in [2.24, 2.45) is 0 Å². The maximum absolute atomic E-state index is 12.4. The Kier molecular flexibility index (Phi) is 5.64. The number of aromatic amines is 1. The molecule has 0 saturated carbocycles. The molecule has 1 fully saturated rings. The summed E-state index contributed by atoms with van der Waals surface area (Å²) in [5, 5.41) is 3.02. The van der Waals surface area contributed by atoms with Crippen LogP contribution in [0.15, 0.2) is 43.2 Å². The highest BCUT2D eigenvalue weighted by Gasteiger charge is 2.28. The smallest absolute Gasteiger partial charge is 0.261 e. The molecule has 0 aliphatic carbocycles. The molecule has 142 valence electrons. The Hall–Kier alpha value is -2.45. The standard InChI is InChI=1S/C19H24N6OS/c26-19(23-6-2-10-24-12-9-20-14-24)17-5-4-16(27-17)15-3-1-11-25(15)13-18-21-7-8-22-18/h4-5,7-9,12,14-15H,1-3,6,10-11,13H2,(H,21,22)(H,23,26)/t15-/m1/s1. The fourth-order valence-electron chi connectivity index (χ4n) is 3.54. The van der Waals surface area contributed by atoms with Crippen LogP contribution in [0.1, 0.15) is 45.7 Å². The van der Waals surface area contributed by atoms with Crippen LogP contribution in [0.4, 0.5) is 0 Å². The molecule has 4 rings (SSSR count). The van der Waals surface area contributed by atoms with E-state index in [2.05, 4.69) is 31.2 Å². The summed E-state index contributed by atoms with van der Waals surface area (Å²) in [6.45, 7) is 3.42. The van der Waals surface area contributed by atoms with Crippen LogP contribution in [0.5, 0.6) is 0 Å². The normalized spacial score (nSPS) is 17.4. The second-order valence-corrected chi connectivity index (χ2v) is 7.89. The van der Waals surface area contributed by atoms with Crippen LogP contribution in [0.2, 0.25) is 0 Å². The van der Waals surface area contributed by atoms with Gasteiger partial charge in [-0.05, 0) is 37.9 Å². The minimum absolute atomic E-state index is 0.0208. The third-order valence-corrected chi connectivity index (χ3v) is 6.07. The number of amides is 1. The first kappa shape index (κ1) is 17.9. The van der Waals surface area contributed by atoms with Crippen molar-refractivity contribution < 1.29 is 4.79 Å². The Morgan fingerprint density at radius 1 is 1.37 bits per heavy atom. The van der Waals surface area contributed by atoms with E-state index in [0.717, 1.165) is 43.2 Å². The molecule has 0 unspecified atom stereocenters. The van der Waals surface area contributed by atoms with Gasteiger partial charge in [-0.1, -0.05) is 0 Å². The minimum atomic E-state index is 0.0208. The number of aryl methyl sites for hydroxylation is 1. The number of rotatable bonds is 8. The Labute approximate surface area is 162 Å². The van der Waals surface area contributed by atoms with Gasteiger partial charge in [0.25, 0.3) is 5.91 Å². The number of hydrogen-bond acceptors (Lipinski definition) is 5. The van der Waals surface area contributed by atoms with Crippen molar-refractivity contribution in [3.05, 3.63) is 58.8 Å². The van der Waals surface area contributed by atoms with Crippen molar-refractivity contribution >= 4 is 17.2 Å². The molecule has 3 aromatic heterocycles. The van der Waals surface area contributed by atoms with E-state index in [1.54, 1.807) is 30.1 Å². The van der Waals surface area contributed by atoms with Crippen molar-refractivity contribution in [2.75, 3.05) is 13.1 Å². The molecule has 1 atom stereocenters. The molecule has 3 aromatic rings. The molecule has 1 saturated heterocycles. The van der Waals surface area contributed by atoms with Gasteiger partial charge < -0.3 is 14.9 Å². The van der Waals surface area contributed by atoms with E-state index < -0.39 is 0 Å². The lowest BCUT2D eigenvalue weighted by Crippen LogP contribution is -2.24. The predicted octanol–water partition coefficient (Wildman–Crippen LogP) is 2.82. The summed E-state index contributed by atoms with van der Waals surface area (Å²) in [6, 6.07) is 4.44. The zero-order valence-corrected chi connectivity index (χ0v) is 16.0. The number of carbonyl (C=O) groups is 1. The van der Waals surface area contributed by atoms with E-state index in [4.69, 9.17) is 0 Å². The van der Waals surface area contributed by atoms with Gasteiger partial charge in [0.1, 0.15) is 5.82 Å². The van der Waals surface area contributed by atoms with Crippen LogP contribution in [-0.2, 0) is 13.1 Å². The minimum Gasteiger partial charge on any atom is -0.351 e. The zero-order chi connectivity index (χ0) is 18.5. The highest BCUT2D eigenvalue weighted by Crippen LogP contribution is 2.36. The molecule has 27 heavy (non-hydrogen) atoms. The molecule has 0 bridgehead atoms. The van der Waals surface area contributed by atoms with Crippen LogP contribution in [0.3, 0.4) is 0 Å². The molecular weight excluding hydrogens is 360 g/mol. The Morgan fingerprint density at radius 2 is 2.33 bits per heavy atom. The maximum Gasteiger partial charge on any atom is 0.261 e. The first-order valence-corrected chi connectivity index (χ1v) is 10.2. The summed E-state index contributed by atoms with van der Waals surface area (Å²) < 4.78 is 2.02. The summed E-state index contributed by atoms with van der Waals surface area (Å²) in [4.78, 5) is 28.5. The first-order valence-electron chi connectivity index (χ1n) is 9.35. The SMILES string of the molecule is O=C(NCCCn1ccnc1)c1ccc([C@H]2CCCN2Cc2ncc[nH]2)s1. The van der Waals surface area contributed by atoms with E-state index in [1.165, 1.54) is 11.3 Å². The number of likely N-dealkylation sites (tertiary alicyclic amines) is 1. The summed E-state index contributed by atoms with van der Waals surface area (Å²) in [5.74, 6) is 1.02. The number of nitrogens with one attached hydrogen (secondary N) is 2. The van der Waals surface area contributed by atoms with Gasteiger partial charge in [-0.3, -0.25) is 9.69 Å². The third kappa shape index (κ3) is 4.45. The molecule has 8 heteroatoms. The van der Waals surface area contributed by atoms with E-state index in [9.17, 15) is 4.79 Å². The quantitative estimate of drug-likeness (QED) is 0.586. The van der Waals surface area contributed by atoms with Gasteiger partial charge in [0.2, 0.25) is 0 Å². The lowest BCUT2D eigenvalue weighted by atomic mass is 10.2. The van der Waals surface area contributed by atoms with Crippen LogP contribution in [-0.4, -0.2) is 43.4 Å². The Morgan fingerprint density at radius 3 is 3.15 bits per heavy atom. The van der Waals surface area contributed by atoms with Gasteiger partial charge in [-0.2, -0.15) is 0 Å². The number of carbonyl (C=O) groups excluding carboxylic acids is 1. The van der Waals surface area contributed by atoms with Crippen molar-refractivity contribution in [1.29, 1.82) is 0 Å². The third-order valence-electron chi connectivity index (χ3n) is 4.89. The molecular formula is C19H24N6OS. The molecule has 0 aromatic carbocycles. The van der Waals surface area contributed by atoms with Crippen molar-refractivity contribution in [1.82, 2.24) is 29.7 Å². The summed E-state index contributed by atoms with van der Waals surface area (Å²) >= 11 is 1.61. The maximum atomic E-state index is 12.4. The molecule has 1 aliphatic rings. The molecule has 0 radical (unpaired) electrons. The molecule has 2 N–H and O–H groups in total. The van der Waals surface area contributed by atoms with E-state index >= 15 is 0 Å². The van der Waals surface area contributed by atoms with Crippen LogP contribution >= 0.6 is 11.3 Å². The second kappa shape index (κ2) is 8.49. The number of aromatic nitrogens is 4. The van der Waals surface area contributed by atoms with Gasteiger partial charge >= 0.3 is 0 Å². The Bertz CT molecular complexity index is 842. The van der Waals surface area contributed by atoms with Gasteiger partial charge in [0.15, 0.2) is 0 Å².